The first-order chi connectivity index (χ1) is 13.4. The molecule has 1 fully saturated rings. The van der Waals surface area contributed by atoms with Crippen LogP contribution < -0.4 is 40.3 Å². The van der Waals surface area contributed by atoms with Gasteiger partial charge in [0.25, 0.3) is 5.91 Å². The van der Waals surface area contributed by atoms with E-state index in [-0.39, 0.29) is 24.0 Å². The minimum absolute atomic E-state index is 0. The first kappa shape index (κ1) is 22.3. The number of nitrogens with two attached hydrogens (primary N) is 1. The maximum absolute atomic E-state index is 12.4. The number of nitrogens with zero attached hydrogens (tertiary/aromatic N) is 1. The van der Waals surface area contributed by atoms with E-state index in [0.29, 0.717) is 27.3 Å². The van der Waals surface area contributed by atoms with Crippen molar-refractivity contribution in [2.45, 2.75) is 19.0 Å². The van der Waals surface area contributed by atoms with Crippen LogP contribution in [0.1, 0.15) is 20.8 Å². The molecule has 1 saturated heterocycles. The maximum atomic E-state index is 12.4. The van der Waals surface area contributed by atoms with Gasteiger partial charge in [0.15, 0.2) is 0 Å². The lowest BCUT2D eigenvalue weighted by Gasteiger charge is -2.47. The third-order valence-electron chi connectivity index (χ3n) is 5.55. The van der Waals surface area contributed by atoms with Crippen LogP contribution in [0, 0.1) is 0 Å². The summed E-state index contributed by atoms with van der Waals surface area (Å²) in [5.41, 5.74) is 7.66. The van der Waals surface area contributed by atoms with Gasteiger partial charge in [0.05, 0.1) is 24.0 Å². The van der Waals surface area contributed by atoms with E-state index in [1.807, 2.05) is 0 Å². The Balaban J connectivity index is 0.00000240. The Morgan fingerprint density at radius 1 is 1.24 bits per heavy atom. The Morgan fingerprint density at radius 3 is 2.52 bits per heavy atom. The number of urea groups is 1. The van der Waals surface area contributed by atoms with Crippen molar-refractivity contribution in [3.8, 4) is 0 Å². The van der Waals surface area contributed by atoms with Gasteiger partial charge in [-0.25, -0.2) is 4.79 Å². The van der Waals surface area contributed by atoms with Gasteiger partial charge in [-0.05, 0) is 29.8 Å². The second-order valence-electron chi connectivity index (χ2n) is 7.46. The number of primary amides is 1. The highest BCUT2D eigenvalue weighted by Crippen LogP contribution is 2.40. The topological polar surface area (TPSA) is 93.4 Å². The molecule has 156 valence electrons. The van der Waals surface area contributed by atoms with Crippen LogP contribution in [0.4, 0.5) is 15.5 Å². The molecule has 1 aromatic carbocycles. The van der Waals surface area contributed by atoms with E-state index < -0.39 is 11.9 Å². The molecule has 3 amide bonds. The Kier molecular flexibility index (Phi) is 6.74. The van der Waals surface area contributed by atoms with Crippen LogP contribution in [0.5, 0.6) is 0 Å². The minimum atomic E-state index is -0.512. The SMILES string of the molecule is C[N+]1(C2COC2)CCc2c(sc(NC(=O)Nc3ccc(Cl)cc3)c2C(N)=O)C1.[I-]. The second kappa shape index (κ2) is 8.76. The van der Waals surface area contributed by atoms with E-state index in [2.05, 4.69) is 17.7 Å². The van der Waals surface area contributed by atoms with Crippen LogP contribution in [0.15, 0.2) is 24.3 Å². The van der Waals surface area contributed by atoms with Crippen molar-refractivity contribution in [2.75, 3.05) is 37.4 Å². The van der Waals surface area contributed by atoms with Gasteiger partial charge in [0.1, 0.15) is 30.8 Å². The number of ether oxygens (including phenoxy) is 1. The van der Waals surface area contributed by atoms with Gasteiger partial charge in [-0.2, -0.15) is 0 Å². The van der Waals surface area contributed by atoms with E-state index in [9.17, 15) is 9.59 Å². The number of likely N-dealkylation sites (N-methyl/N-ethyl adjacent to an activating group) is 1. The number of fused-ring (bicyclic) bond motifs is 1. The number of rotatable bonds is 4. The molecule has 2 aliphatic rings. The molecule has 7 nitrogen and oxygen atoms in total. The molecule has 4 rings (SSSR count). The number of hydrogen-bond acceptors (Lipinski definition) is 4. The zero-order valence-corrected chi connectivity index (χ0v) is 19.6. The summed E-state index contributed by atoms with van der Waals surface area (Å²) in [6, 6.07) is 6.86. The van der Waals surface area contributed by atoms with E-state index in [0.717, 1.165) is 47.6 Å². The number of amides is 3. The molecule has 3 heterocycles. The van der Waals surface area contributed by atoms with E-state index in [4.69, 9.17) is 22.1 Å². The highest BCUT2D eigenvalue weighted by Gasteiger charge is 2.43. The number of quaternary nitrogens is 1. The normalized spacial score (nSPS) is 20.8. The van der Waals surface area contributed by atoms with Crippen LogP contribution in [0.2, 0.25) is 5.02 Å². The first-order valence-electron chi connectivity index (χ1n) is 9.05. The lowest BCUT2D eigenvalue weighted by Crippen LogP contribution is -3.00. The summed E-state index contributed by atoms with van der Waals surface area (Å²) in [5, 5.41) is 6.63. The smallest absolute Gasteiger partial charge is 0.324 e. The number of benzene rings is 1. The Morgan fingerprint density at radius 2 is 1.93 bits per heavy atom. The fraction of sp³-hybridized carbons (Fsp3) is 0.368. The number of thiophene rings is 1. The molecular weight excluding hydrogens is 527 g/mol. The van der Waals surface area contributed by atoms with Gasteiger partial charge in [0, 0.05) is 17.1 Å². The molecule has 2 aliphatic heterocycles. The molecule has 29 heavy (non-hydrogen) atoms. The predicted octanol–water partition coefficient (Wildman–Crippen LogP) is 0.0499. The van der Waals surface area contributed by atoms with Gasteiger partial charge in [-0.3, -0.25) is 10.1 Å². The van der Waals surface area contributed by atoms with Crippen LogP contribution >= 0.6 is 22.9 Å². The third kappa shape index (κ3) is 4.53. The number of halogens is 2. The van der Waals surface area contributed by atoms with Crippen LogP contribution in [-0.4, -0.2) is 49.3 Å². The average molecular weight is 549 g/mol. The highest BCUT2D eigenvalue weighted by molar-refractivity contribution is 7.17. The first-order valence-corrected chi connectivity index (χ1v) is 10.2. The standard InChI is InChI=1S/C19H21ClN4O3S.HI/c1-24(13-9-27-10-13)7-6-14-15(8-24)28-18(16(14)17(21)25)23-19(26)22-12-4-2-11(20)3-5-12;/h2-5,13H,6-10H2,1H3,(H3-,21,22,23,25,26);1H. The van der Waals surface area contributed by atoms with E-state index in [1.54, 1.807) is 24.3 Å². The van der Waals surface area contributed by atoms with Crippen LogP contribution in [0.3, 0.4) is 0 Å². The minimum Gasteiger partial charge on any atom is -1.00 e. The van der Waals surface area contributed by atoms with Crippen LogP contribution in [-0.2, 0) is 17.7 Å². The highest BCUT2D eigenvalue weighted by atomic mass is 127. The Hall–Kier alpha value is -1.40. The molecule has 0 aliphatic carbocycles. The molecule has 10 heteroatoms. The lowest BCUT2D eigenvalue weighted by molar-refractivity contribution is -0.955. The monoisotopic (exact) mass is 548 g/mol. The van der Waals surface area contributed by atoms with E-state index in [1.165, 1.54) is 11.3 Å². The molecule has 1 aromatic heterocycles. The van der Waals surface area contributed by atoms with Gasteiger partial charge < -0.3 is 44.2 Å². The second-order valence-corrected chi connectivity index (χ2v) is 9.00. The number of hydrogen-bond donors (Lipinski definition) is 3. The molecule has 4 N–H and O–H groups in total. The lowest BCUT2D eigenvalue weighted by atomic mass is 9.98. The summed E-state index contributed by atoms with van der Waals surface area (Å²) >= 11 is 7.30. The van der Waals surface area contributed by atoms with E-state index >= 15 is 0 Å². The molecule has 0 spiro atoms. The van der Waals surface area contributed by atoms with Crippen molar-refractivity contribution in [3.63, 3.8) is 0 Å². The van der Waals surface area contributed by atoms with Gasteiger partial charge >= 0.3 is 6.03 Å². The Bertz CT molecular complexity index is 932. The zero-order chi connectivity index (χ0) is 19.9. The molecule has 0 saturated carbocycles. The summed E-state index contributed by atoms with van der Waals surface area (Å²) in [7, 11) is 2.22. The molecule has 1 atom stereocenters. The van der Waals surface area contributed by atoms with Crippen molar-refractivity contribution >= 4 is 45.6 Å². The van der Waals surface area contributed by atoms with Gasteiger partial charge in [-0.1, -0.05) is 11.6 Å². The number of carbonyl (C=O) groups excluding carboxylic acids is 2. The summed E-state index contributed by atoms with van der Waals surface area (Å²) < 4.78 is 6.26. The fourth-order valence-electron chi connectivity index (χ4n) is 3.72. The summed E-state index contributed by atoms with van der Waals surface area (Å²) in [4.78, 5) is 25.6. The molecule has 2 aromatic rings. The van der Waals surface area contributed by atoms with Crippen molar-refractivity contribution in [3.05, 3.63) is 45.3 Å². The quantitative estimate of drug-likeness (QED) is 0.372. The molecular formula is C19H22ClIN4O3S. The summed E-state index contributed by atoms with van der Waals surface area (Å²) in [6.45, 7) is 3.28. The van der Waals surface area contributed by atoms with Crippen molar-refractivity contribution < 1.29 is 42.8 Å². The predicted molar refractivity (Wildman–Crippen MR) is 110 cm³/mol. The van der Waals surface area contributed by atoms with Crippen LogP contribution in [0.25, 0.3) is 0 Å². The maximum Gasteiger partial charge on any atom is 0.324 e. The number of nitrogens with one attached hydrogen (secondary N) is 2. The van der Waals surface area contributed by atoms with Gasteiger partial charge in [0.2, 0.25) is 0 Å². The fourth-order valence-corrected chi connectivity index (χ4v) is 5.25. The molecule has 1 unspecified atom stereocenters. The average Bonchev–Trinajstić information content (AvgIpc) is 2.91. The zero-order valence-electron chi connectivity index (χ0n) is 15.8. The Labute approximate surface area is 195 Å². The summed E-state index contributed by atoms with van der Waals surface area (Å²) in [6.07, 6.45) is 0.761. The molecule has 0 bridgehead atoms. The van der Waals surface area contributed by atoms with Crippen molar-refractivity contribution in [2.24, 2.45) is 5.73 Å². The number of carbonyl (C=O) groups is 2. The van der Waals surface area contributed by atoms with Gasteiger partial charge in [-0.15, -0.1) is 11.3 Å². The summed E-state index contributed by atoms with van der Waals surface area (Å²) in [5.74, 6) is -0.512. The largest absolute Gasteiger partial charge is 1.00 e. The molecule has 0 radical (unpaired) electrons. The third-order valence-corrected chi connectivity index (χ3v) is 6.93. The van der Waals surface area contributed by atoms with Crippen molar-refractivity contribution in [1.29, 1.82) is 0 Å². The number of anilines is 2. The van der Waals surface area contributed by atoms with Crippen molar-refractivity contribution in [1.82, 2.24) is 0 Å².